The number of likely N-dealkylation sites (tertiary alicyclic amines) is 1. The zero-order valence-electron chi connectivity index (χ0n) is 15.8. The summed E-state index contributed by atoms with van der Waals surface area (Å²) in [6, 6.07) is 4.15. The summed E-state index contributed by atoms with van der Waals surface area (Å²) in [5.74, 6) is 1.60. The number of methoxy groups -OCH3 is 1. The lowest BCUT2D eigenvalue weighted by atomic mass is 9.94. The minimum atomic E-state index is 0.173. The number of piperidine rings is 1. The molecule has 1 saturated heterocycles. The second-order valence-electron chi connectivity index (χ2n) is 6.99. The minimum Gasteiger partial charge on any atom is -0.497 e. The molecule has 1 aromatic heterocycles. The van der Waals surface area contributed by atoms with Gasteiger partial charge in [-0.25, -0.2) is 4.98 Å². The molecule has 2 heterocycles. The highest BCUT2D eigenvalue weighted by Gasteiger charge is 2.21. The summed E-state index contributed by atoms with van der Waals surface area (Å²) < 4.78 is 7.15. The number of allylic oxidation sites excluding steroid dienone is 1. The summed E-state index contributed by atoms with van der Waals surface area (Å²) in [5, 5.41) is 0. The predicted octanol–water partition coefficient (Wildman–Crippen LogP) is 3.46. The van der Waals surface area contributed by atoms with Crippen LogP contribution in [0.15, 0.2) is 36.9 Å². The fourth-order valence-corrected chi connectivity index (χ4v) is 3.53. The highest BCUT2D eigenvalue weighted by Crippen LogP contribution is 2.25. The van der Waals surface area contributed by atoms with E-state index >= 15 is 0 Å². The number of ether oxygens (including phenoxy) is 1. The molecule has 0 atom stereocenters. The van der Waals surface area contributed by atoms with Crippen molar-refractivity contribution in [1.82, 2.24) is 14.5 Å². The van der Waals surface area contributed by atoms with E-state index in [0.717, 1.165) is 31.7 Å². The molecule has 0 aliphatic carbocycles. The van der Waals surface area contributed by atoms with Gasteiger partial charge in [-0.15, -0.1) is 0 Å². The number of hydrogen-bond donors (Lipinski definition) is 0. The number of amides is 1. The van der Waals surface area contributed by atoms with Gasteiger partial charge in [0.15, 0.2) is 0 Å². The van der Waals surface area contributed by atoms with Crippen molar-refractivity contribution in [3.05, 3.63) is 53.6 Å². The summed E-state index contributed by atoms with van der Waals surface area (Å²) in [5.41, 5.74) is 3.72. The van der Waals surface area contributed by atoms with Gasteiger partial charge in [-0.3, -0.25) is 4.79 Å². The number of nitrogens with zero attached hydrogens (tertiary/aromatic N) is 3. The van der Waals surface area contributed by atoms with E-state index in [1.807, 2.05) is 15.7 Å². The molecule has 2 aromatic rings. The highest BCUT2D eigenvalue weighted by molar-refractivity contribution is 5.76. The number of aromatic nitrogens is 2. The summed E-state index contributed by atoms with van der Waals surface area (Å²) >= 11 is 0. The van der Waals surface area contributed by atoms with Crippen LogP contribution >= 0.6 is 0 Å². The van der Waals surface area contributed by atoms with Crippen LogP contribution in [-0.4, -0.2) is 40.6 Å². The van der Waals surface area contributed by atoms with Gasteiger partial charge in [0.05, 0.1) is 13.4 Å². The lowest BCUT2D eigenvalue weighted by Gasteiger charge is -2.31. The van der Waals surface area contributed by atoms with Crippen LogP contribution in [0.2, 0.25) is 0 Å². The third-order valence-electron chi connectivity index (χ3n) is 5.11. The van der Waals surface area contributed by atoms with Gasteiger partial charge < -0.3 is 14.2 Å². The van der Waals surface area contributed by atoms with Gasteiger partial charge in [-0.05, 0) is 61.4 Å². The quantitative estimate of drug-likeness (QED) is 0.827. The number of benzene rings is 1. The van der Waals surface area contributed by atoms with Gasteiger partial charge in [-0.2, -0.15) is 0 Å². The topological polar surface area (TPSA) is 47.4 Å². The number of imidazole rings is 1. The van der Waals surface area contributed by atoms with Crippen LogP contribution in [0.4, 0.5) is 0 Å². The molecule has 138 valence electrons. The van der Waals surface area contributed by atoms with E-state index in [1.165, 1.54) is 16.7 Å². The van der Waals surface area contributed by atoms with Crippen LogP contribution in [-0.2, 0) is 11.3 Å². The van der Waals surface area contributed by atoms with E-state index in [0.29, 0.717) is 12.5 Å². The Labute approximate surface area is 155 Å². The van der Waals surface area contributed by atoms with Gasteiger partial charge in [0.1, 0.15) is 12.3 Å². The Morgan fingerprint density at radius 3 is 2.54 bits per heavy atom. The monoisotopic (exact) mass is 353 g/mol. The molecule has 0 N–H and O–H groups in total. The molecule has 1 aliphatic heterocycles. The van der Waals surface area contributed by atoms with Crippen LogP contribution in [0.1, 0.15) is 29.5 Å². The van der Waals surface area contributed by atoms with Crippen LogP contribution in [0.5, 0.6) is 5.75 Å². The molecule has 1 aromatic carbocycles. The number of rotatable bonds is 5. The lowest BCUT2D eigenvalue weighted by Crippen LogP contribution is -2.39. The summed E-state index contributed by atoms with van der Waals surface area (Å²) in [7, 11) is 1.70. The average molecular weight is 353 g/mol. The van der Waals surface area contributed by atoms with Gasteiger partial charge in [-0.1, -0.05) is 12.2 Å². The van der Waals surface area contributed by atoms with Gasteiger partial charge in [0, 0.05) is 25.5 Å². The molecule has 26 heavy (non-hydrogen) atoms. The standard InChI is InChI=1S/C21H27N3O2/c1-16-12-19(26-3)13-17(2)20(16)5-4-18-6-9-24(10-7-18)21(25)14-23-11-8-22-15-23/h4-5,8,11-13,15,18H,6-7,9-10,14H2,1-3H3/b5-4+. The van der Waals surface area contributed by atoms with Crippen LogP contribution in [0.3, 0.4) is 0 Å². The normalized spacial score (nSPS) is 15.6. The first-order chi connectivity index (χ1) is 12.6. The van der Waals surface area contributed by atoms with Crippen LogP contribution in [0, 0.1) is 19.8 Å². The first-order valence-corrected chi connectivity index (χ1v) is 9.14. The van der Waals surface area contributed by atoms with Crippen molar-refractivity contribution >= 4 is 12.0 Å². The fourth-order valence-electron chi connectivity index (χ4n) is 3.53. The Morgan fingerprint density at radius 2 is 1.96 bits per heavy atom. The first-order valence-electron chi connectivity index (χ1n) is 9.14. The number of aryl methyl sites for hydroxylation is 2. The van der Waals surface area contributed by atoms with E-state index in [2.05, 4.69) is 43.1 Å². The van der Waals surface area contributed by atoms with E-state index in [4.69, 9.17) is 4.74 Å². The van der Waals surface area contributed by atoms with Crippen molar-refractivity contribution in [3.8, 4) is 5.75 Å². The zero-order valence-corrected chi connectivity index (χ0v) is 15.8. The molecule has 0 bridgehead atoms. The number of hydrogen-bond acceptors (Lipinski definition) is 3. The Kier molecular flexibility index (Phi) is 5.76. The van der Waals surface area contributed by atoms with Crippen LogP contribution < -0.4 is 4.74 Å². The molecule has 0 spiro atoms. The molecule has 0 saturated carbocycles. The molecule has 1 fully saturated rings. The summed E-state index contributed by atoms with van der Waals surface area (Å²) in [6.07, 6.45) is 11.8. The third-order valence-corrected chi connectivity index (χ3v) is 5.11. The van der Waals surface area contributed by atoms with E-state index in [-0.39, 0.29) is 5.91 Å². The molecule has 3 rings (SSSR count). The van der Waals surface area contributed by atoms with Crippen molar-refractivity contribution in [2.24, 2.45) is 5.92 Å². The maximum Gasteiger partial charge on any atom is 0.242 e. The second-order valence-corrected chi connectivity index (χ2v) is 6.99. The lowest BCUT2D eigenvalue weighted by molar-refractivity contribution is -0.133. The molecule has 1 aliphatic rings. The second kappa shape index (κ2) is 8.21. The Morgan fingerprint density at radius 1 is 1.27 bits per heavy atom. The molecule has 5 heteroatoms. The maximum absolute atomic E-state index is 12.3. The third kappa shape index (κ3) is 4.34. The highest BCUT2D eigenvalue weighted by atomic mass is 16.5. The fraction of sp³-hybridized carbons (Fsp3) is 0.429. The summed E-state index contributed by atoms with van der Waals surface area (Å²) in [6.45, 7) is 6.26. The summed E-state index contributed by atoms with van der Waals surface area (Å²) in [4.78, 5) is 18.3. The predicted molar refractivity (Wildman–Crippen MR) is 103 cm³/mol. The number of carbonyl (C=O) groups is 1. The minimum absolute atomic E-state index is 0.173. The van der Waals surface area contributed by atoms with Crippen molar-refractivity contribution in [2.45, 2.75) is 33.2 Å². The van der Waals surface area contributed by atoms with Crippen molar-refractivity contribution in [2.75, 3.05) is 20.2 Å². The van der Waals surface area contributed by atoms with Gasteiger partial charge >= 0.3 is 0 Å². The molecular formula is C21H27N3O2. The molecule has 0 unspecified atom stereocenters. The van der Waals surface area contributed by atoms with Crippen LogP contribution in [0.25, 0.3) is 6.08 Å². The number of carbonyl (C=O) groups excluding carboxylic acids is 1. The van der Waals surface area contributed by atoms with Gasteiger partial charge in [0.2, 0.25) is 5.91 Å². The Balaban J connectivity index is 1.55. The largest absolute Gasteiger partial charge is 0.497 e. The van der Waals surface area contributed by atoms with Gasteiger partial charge in [0.25, 0.3) is 0 Å². The molecule has 1 amide bonds. The first kappa shape index (κ1) is 18.2. The SMILES string of the molecule is COc1cc(C)c(/C=C/C2CCN(C(=O)Cn3ccnc3)CC2)c(C)c1. The van der Waals surface area contributed by atoms with Crippen molar-refractivity contribution in [3.63, 3.8) is 0 Å². The average Bonchev–Trinajstić information content (AvgIpc) is 3.14. The van der Waals surface area contributed by atoms with E-state index in [9.17, 15) is 4.79 Å². The molecular weight excluding hydrogens is 326 g/mol. The Bertz CT molecular complexity index is 750. The molecule has 0 radical (unpaired) electrons. The van der Waals surface area contributed by atoms with Crippen molar-refractivity contribution in [1.29, 1.82) is 0 Å². The smallest absolute Gasteiger partial charge is 0.242 e. The maximum atomic E-state index is 12.3. The zero-order chi connectivity index (χ0) is 18.5. The molecule has 5 nitrogen and oxygen atoms in total. The van der Waals surface area contributed by atoms with E-state index in [1.54, 1.807) is 19.6 Å². The van der Waals surface area contributed by atoms with Crippen molar-refractivity contribution < 1.29 is 9.53 Å². The Hall–Kier alpha value is -2.56. The van der Waals surface area contributed by atoms with E-state index < -0.39 is 0 Å².